The Morgan fingerprint density at radius 1 is 1.42 bits per heavy atom. The lowest BCUT2D eigenvalue weighted by Crippen LogP contribution is -2.38. The van der Waals surface area contributed by atoms with Crippen molar-refractivity contribution in [2.45, 2.75) is 39.2 Å². The zero-order valence-corrected chi connectivity index (χ0v) is 12.3. The number of benzene rings is 1. The molecule has 1 aromatic carbocycles. The van der Waals surface area contributed by atoms with E-state index in [1.807, 2.05) is 12.1 Å². The standard InChI is InChI=1S/C15H23NO3/c1-10(2)11-7-6-8-12(13(11)19-5)14(17)16-9-15(3,4)18/h6-8,10,18H,9H2,1-5H3,(H,16,17). The lowest BCUT2D eigenvalue weighted by atomic mass is 9.98. The third-order valence-corrected chi connectivity index (χ3v) is 2.80. The molecule has 106 valence electrons. The molecule has 0 aliphatic rings. The molecule has 1 amide bonds. The average molecular weight is 265 g/mol. The second kappa shape index (κ2) is 6.06. The van der Waals surface area contributed by atoms with Crippen LogP contribution >= 0.6 is 0 Å². The van der Waals surface area contributed by atoms with E-state index in [-0.39, 0.29) is 18.4 Å². The fourth-order valence-electron chi connectivity index (χ4n) is 1.81. The van der Waals surface area contributed by atoms with Gasteiger partial charge in [-0.05, 0) is 31.4 Å². The number of para-hydroxylation sites is 1. The van der Waals surface area contributed by atoms with Crippen molar-refractivity contribution < 1.29 is 14.6 Å². The summed E-state index contributed by atoms with van der Waals surface area (Å²) in [4.78, 5) is 12.1. The minimum atomic E-state index is -0.932. The van der Waals surface area contributed by atoms with Gasteiger partial charge < -0.3 is 15.2 Å². The molecule has 0 spiro atoms. The van der Waals surface area contributed by atoms with Gasteiger partial charge in [-0.2, -0.15) is 0 Å². The van der Waals surface area contributed by atoms with Gasteiger partial charge in [0.15, 0.2) is 0 Å². The van der Waals surface area contributed by atoms with Crippen LogP contribution < -0.4 is 10.1 Å². The summed E-state index contributed by atoms with van der Waals surface area (Å²) in [6.07, 6.45) is 0. The van der Waals surface area contributed by atoms with Crippen LogP contribution in [0.2, 0.25) is 0 Å². The number of ether oxygens (including phenoxy) is 1. The Morgan fingerprint density at radius 2 is 2.05 bits per heavy atom. The van der Waals surface area contributed by atoms with Crippen LogP contribution in [0, 0.1) is 0 Å². The van der Waals surface area contributed by atoms with Crippen LogP contribution in [0.15, 0.2) is 18.2 Å². The van der Waals surface area contributed by atoms with E-state index in [1.165, 1.54) is 0 Å². The molecular weight excluding hydrogens is 242 g/mol. The Bertz CT molecular complexity index is 447. The summed E-state index contributed by atoms with van der Waals surface area (Å²) in [5, 5.41) is 12.3. The van der Waals surface area contributed by atoms with E-state index in [4.69, 9.17) is 4.74 Å². The number of rotatable bonds is 5. The molecular formula is C15H23NO3. The van der Waals surface area contributed by atoms with Crippen LogP contribution in [0.1, 0.15) is 49.5 Å². The molecule has 0 aliphatic heterocycles. The molecule has 0 saturated heterocycles. The van der Waals surface area contributed by atoms with Crippen molar-refractivity contribution in [3.8, 4) is 5.75 Å². The third-order valence-electron chi connectivity index (χ3n) is 2.80. The first-order chi connectivity index (χ1) is 8.76. The highest BCUT2D eigenvalue weighted by molar-refractivity contribution is 5.97. The highest BCUT2D eigenvalue weighted by atomic mass is 16.5. The van der Waals surface area contributed by atoms with E-state index in [0.29, 0.717) is 11.3 Å². The van der Waals surface area contributed by atoms with Crippen LogP contribution in [0.4, 0.5) is 0 Å². The van der Waals surface area contributed by atoms with Gasteiger partial charge in [0.1, 0.15) is 5.75 Å². The molecule has 1 aromatic rings. The maximum atomic E-state index is 12.1. The number of methoxy groups -OCH3 is 1. The van der Waals surface area contributed by atoms with Gasteiger partial charge in [-0.3, -0.25) is 4.79 Å². The van der Waals surface area contributed by atoms with Crippen molar-refractivity contribution >= 4 is 5.91 Å². The third kappa shape index (κ3) is 4.24. The van der Waals surface area contributed by atoms with E-state index >= 15 is 0 Å². The van der Waals surface area contributed by atoms with Crippen LogP contribution in [0.25, 0.3) is 0 Å². The molecule has 0 heterocycles. The first-order valence-electron chi connectivity index (χ1n) is 6.43. The van der Waals surface area contributed by atoms with Crippen molar-refractivity contribution in [3.63, 3.8) is 0 Å². The van der Waals surface area contributed by atoms with Gasteiger partial charge in [0.25, 0.3) is 5.91 Å². The van der Waals surface area contributed by atoms with Gasteiger partial charge in [0.2, 0.25) is 0 Å². The number of aliphatic hydroxyl groups is 1. The molecule has 0 fully saturated rings. The molecule has 2 N–H and O–H groups in total. The molecule has 19 heavy (non-hydrogen) atoms. The molecule has 0 aliphatic carbocycles. The van der Waals surface area contributed by atoms with Crippen molar-refractivity contribution in [1.82, 2.24) is 5.32 Å². The first kappa shape index (κ1) is 15.5. The predicted octanol–water partition coefficient (Wildman–Crippen LogP) is 2.32. The van der Waals surface area contributed by atoms with Crippen molar-refractivity contribution in [3.05, 3.63) is 29.3 Å². The summed E-state index contributed by atoms with van der Waals surface area (Å²) >= 11 is 0. The monoisotopic (exact) mass is 265 g/mol. The lowest BCUT2D eigenvalue weighted by Gasteiger charge is -2.19. The van der Waals surface area contributed by atoms with E-state index in [9.17, 15) is 9.90 Å². The summed E-state index contributed by atoms with van der Waals surface area (Å²) in [5.74, 6) is 0.643. The van der Waals surface area contributed by atoms with E-state index in [0.717, 1.165) is 5.56 Å². The van der Waals surface area contributed by atoms with E-state index in [2.05, 4.69) is 19.2 Å². The average Bonchev–Trinajstić information content (AvgIpc) is 2.33. The van der Waals surface area contributed by atoms with Gasteiger partial charge in [0.05, 0.1) is 18.3 Å². The smallest absolute Gasteiger partial charge is 0.255 e. The Morgan fingerprint density at radius 3 is 2.53 bits per heavy atom. The maximum Gasteiger partial charge on any atom is 0.255 e. The lowest BCUT2D eigenvalue weighted by molar-refractivity contribution is 0.0692. The Kier molecular flexibility index (Phi) is 4.95. The highest BCUT2D eigenvalue weighted by Crippen LogP contribution is 2.29. The minimum Gasteiger partial charge on any atom is -0.496 e. The second-order valence-corrected chi connectivity index (χ2v) is 5.58. The molecule has 0 atom stereocenters. The molecule has 1 rings (SSSR count). The van der Waals surface area contributed by atoms with Gasteiger partial charge in [0, 0.05) is 6.54 Å². The molecule has 0 radical (unpaired) electrons. The maximum absolute atomic E-state index is 12.1. The zero-order chi connectivity index (χ0) is 14.6. The summed E-state index contributed by atoms with van der Waals surface area (Å²) in [5.41, 5.74) is 0.565. The quantitative estimate of drug-likeness (QED) is 0.859. The molecule has 4 nitrogen and oxygen atoms in total. The van der Waals surface area contributed by atoms with Crippen LogP contribution in [-0.4, -0.2) is 30.3 Å². The van der Waals surface area contributed by atoms with Crippen LogP contribution in [0.5, 0.6) is 5.75 Å². The Labute approximate surface area is 114 Å². The van der Waals surface area contributed by atoms with E-state index < -0.39 is 5.60 Å². The predicted molar refractivity (Wildman–Crippen MR) is 75.7 cm³/mol. The molecule has 4 heteroatoms. The highest BCUT2D eigenvalue weighted by Gasteiger charge is 2.19. The molecule has 0 bridgehead atoms. The number of amides is 1. The van der Waals surface area contributed by atoms with Gasteiger partial charge in [-0.1, -0.05) is 26.0 Å². The Hall–Kier alpha value is -1.55. The van der Waals surface area contributed by atoms with Gasteiger partial charge in [-0.15, -0.1) is 0 Å². The number of hydrogen-bond acceptors (Lipinski definition) is 3. The van der Waals surface area contributed by atoms with Crippen LogP contribution in [-0.2, 0) is 0 Å². The van der Waals surface area contributed by atoms with Crippen molar-refractivity contribution in [2.75, 3.05) is 13.7 Å². The minimum absolute atomic E-state index is 0.195. The molecule has 0 aromatic heterocycles. The van der Waals surface area contributed by atoms with Gasteiger partial charge >= 0.3 is 0 Å². The summed E-state index contributed by atoms with van der Waals surface area (Å²) in [7, 11) is 1.56. The largest absolute Gasteiger partial charge is 0.496 e. The fourth-order valence-corrected chi connectivity index (χ4v) is 1.81. The van der Waals surface area contributed by atoms with E-state index in [1.54, 1.807) is 27.0 Å². The number of nitrogens with one attached hydrogen (secondary N) is 1. The summed E-state index contributed by atoms with van der Waals surface area (Å²) in [6.45, 7) is 7.59. The fraction of sp³-hybridized carbons (Fsp3) is 0.533. The zero-order valence-electron chi connectivity index (χ0n) is 12.3. The molecule has 0 unspecified atom stereocenters. The Balaban J connectivity index is 3.00. The SMILES string of the molecule is COc1c(C(=O)NCC(C)(C)O)cccc1C(C)C. The molecule has 0 saturated carbocycles. The number of hydrogen-bond donors (Lipinski definition) is 2. The second-order valence-electron chi connectivity index (χ2n) is 5.58. The van der Waals surface area contributed by atoms with Gasteiger partial charge in [-0.25, -0.2) is 0 Å². The summed E-state index contributed by atoms with van der Waals surface area (Å²) < 4.78 is 5.37. The number of carbonyl (C=O) groups excluding carboxylic acids is 1. The summed E-state index contributed by atoms with van der Waals surface area (Å²) in [6, 6.07) is 5.53. The van der Waals surface area contributed by atoms with Crippen molar-refractivity contribution in [2.24, 2.45) is 0 Å². The normalized spacial score (nSPS) is 11.5. The van der Waals surface area contributed by atoms with Crippen LogP contribution in [0.3, 0.4) is 0 Å². The van der Waals surface area contributed by atoms with Crippen molar-refractivity contribution in [1.29, 1.82) is 0 Å². The first-order valence-corrected chi connectivity index (χ1v) is 6.43. The topological polar surface area (TPSA) is 58.6 Å². The number of carbonyl (C=O) groups is 1.